The number of halogens is 4. The lowest BCUT2D eigenvalue weighted by atomic mass is 10.2. The highest BCUT2D eigenvalue weighted by atomic mass is 19.4. The maximum atomic E-state index is 12.3. The van der Waals surface area contributed by atoms with Crippen molar-refractivity contribution in [3.63, 3.8) is 0 Å². The first-order valence-corrected chi connectivity index (χ1v) is 2.99. The maximum absolute atomic E-state index is 12.3. The van der Waals surface area contributed by atoms with E-state index in [-0.39, 0.29) is 13.0 Å². The lowest BCUT2D eigenvalue weighted by molar-refractivity contribution is -0.0872. The third kappa shape index (κ3) is 1.78. The summed E-state index contributed by atoms with van der Waals surface area (Å²) in [5, 5.41) is 0. The van der Waals surface area contributed by atoms with Crippen LogP contribution in [0.4, 0.5) is 17.6 Å². The largest absolute Gasteiger partial charge is 0.420 e. The predicted octanol–water partition coefficient (Wildman–Crippen LogP) is 2.25. The van der Waals surface area contributed by atoms with Crippen LogP contribution in [0.1, 0.15) is 6.42 Å². The van der Waals surface area contributed by atoms with Crippen molar-refractivity contribution in [3.8, 4) is 0 Å². The number of hydrogen-bond acceptors (Lipinski definition) is 1. The number of aliphatic imine (C=N–C) groups is 1. The molecule has 0 bridgehead atoms. The van der Waals surface area contributed by atoms with Crippen molar-refractivity contribution < 1.29 is 17.6 Å². The van der Waals surface area contributed by atoms with Crippen LogP contribution in [0, 0.1) is 0 Å². The van der Waals surface area contributed by atoms with Gasteiger partial charge in [-0.25, -0.2) is 0 Å². The van der Waals surface area contributed by atoms with E-state index in [9.17, 15) is 17.6 Å². The van der Waals surface area contributed by atoms with Crippen LogP contribution in [-0.2, 0) is 0 Å². The molecule has 11 heavy (non-hydrogen) atoms. The van der Waals surface area contributed by atoms with E-state index in [0.717, 1.165) is 6.08 Å². The predicted molar refractivity (Wildman–Crippen MR) is 32.2 cm³/mol. The van der Waals surface area contributed by atoms with Gasteiger partial charge in [-0.3, -0.25) is 4.99 Å². The molecule has 0 fully saturated rings. The SMILES string of the molecule is FC1=NCCC=C1C(F)(F)F. The molecule has 5 heteroatoms. The van der Waals surface area contributed by atoms with Gasteiger partial charge >= 0.3 is 6.18 Å². The van der Waals surface area contributed by atoms with Gasteiger partial charge in [-0.2, -0.15) is 17.6 Å². The summed E-state index contributed by atoms with van der Waals surface area (Å²) in [6.45, 7) is 0.103. The average molecular weight is 167 g/mol. The summed E-state index contributed by atoms with van der Waals surface area (Å²) in [5.74, 6) is -1.40. The van der Waals surface area contributed by atoms with Crippen LogP contribution < -0.4 is 0 Å². The summed E-state index contributed by atoms with van der Waals surface area (Å²) < 4.78 is 47.7. The second-order valence-electron chi connectivity index (χ2n) is 2.08. The topological polar surface area (TPSA) is 12.4 Å². The van der Waals surface area contributed by atoms with Crippen molar-refractivity contribution in [2.24, 2.45) is 4.99 Å². The molecule has 1 heterocycles. The van der Waals surface area contributed by atoms with Gasteiger partial charge in [0.05, 0.1) is 0 Å². The Labute approximate surface area is 60.4 Å². The molecule has 0 aromatic rings. The Balaban J connectivity index is 2.87. The van der Waals surface area contributed by atoms with Crippen molar-refractivity contribution in [2.45, 2.75) is 12.6 Å². The van der Waals surface area contributed by atoms with Crippen molar-refractivity contribution >= 4 is 5.97 Å². The molecule has 0 saturated heterocycles. The molecule has 1 aliphatic rings. The second-order valence-corrected chi connectivity index (χ2v) is 2.08. The fourth-order valence-corrected chi connectivity index (χ4v) is 0.774. The van der Waals surface area contributed by atoms with Crippen molar-refractivity contribution in [1.29, 1.82) is 0 Å². The minimum Gasteiger partial charge on any atom is -0.257 e. The summed E-state index contributed by atoms with van der Waals surface area (Å²) in [5.41, 5.74) is -1.25. The third-order valence-corrected chi connectivity index (χ3v) is 1.26. The highest BCUT2D eigenvalue weighted by molar-refractivity contribution is 5.94. The first-order valence-electron chi connectivity index (χ1n) is 2.99. The molecule has 0 aromatic carbocycles. The molecule has 0 atom stereocenters. The molecule has 0 radical (unpaired) electrons. The minimum atomic E-state index is -4.60. The quantitative estimate of drug-likeness (QED) is 0.490. The maximum Gasteiger partial charge on any atom is 0.420 e. The van der Waals surface area contributed by atoms with E-state index < -0.39 is 17.7 Å². The van der Waals surface area contributed by atoms with Crippen LogP contribution in [0.15, 0.2) is 16.6 Å². The van der Waals surface area contributed by atoms with Crippen LogP contribution >= 0.6 is 0 Å². The monoisotopic (exact) mass is 167 g/mol. The second kappa shape index (κ2) is 2.64. The standard InChI is InChI=1S/C6H5F4N/c7-5-4(6(8,9)10)2-1-3-11-5/h2H,1,3H2. The number of alkyl halides is 3. The van der Waals surface area contributed by atoms with E-state index >= 15 is 0 Å². The van der Waals surface area contributed by atoms with Gasteiger partial charge < -0.3 is 0 Å². The Morgan fingerprint density at radius 1 is 1.36 bits per heavy atom. The van der Waals surface area contributed by atoms with Gasteiger partial charge in [0.2, 0.25) is 5.97 Å². The van der Waals surface area contributed by atoms with Crippen LogP contribution in [0.5, 0.6) is 0 Å². The smallest absolute Gasteiger partial charge is 0.257 e. The molecule has 0 saturated carbocycles. The highest BCUT2D eigenvalue weighted by Gasteiger charge is 2.37. The highest BCUT2D eigenvalue weighted by Crippen LogP contribution is 2.29. The number of hydrogen-bond donors (Lipinski definition) is 0. The van der Waals surface area contributed by atoms with Gasteiger partial charge in [0.15, 0.2) is 0 Å². The van der Waals surface area contributed by atoms with Crippen molar-refractivity contribution in [2.75, 3.05) is 6.54 Å². The van der Waals surface area contributed by atoms with E-state index in [1.807, 2.05) is 0 Å². The molecular formula is C6H5F4N. The Hall–Kier alpha value is -0.870. The van der Waals surface area contributed by atoms with Crippen LogP contribution in [0.2, 0.25) is 0 Å². The average Bonchev–Trinajstić information content (AvgIpc) is 1.86. The zero-order chi connectivity index (χ0) is 8.48. The first kappa shape index (κ1) is 8.23. The van der Waals surface area contributed by atoms with Gasteiger partial charge in [0.25, 0.3) is 0 Å². The minimum absolute atomic E-state index is 0.103. The van der Waals surface area contributed by atoms with Gasteiger partial charge in [0, 0.05) is 6.54 Å². The number of dihydropyridines is 1. The Morgan fingerprint density at radius 2 is 2.00 bits per heavy atom. The molecule has 62 valence electrons. The summed E-state index contributed by atoms with van der Waals surface area (Å²) >= 11 is 0. The van der Waals surface area contributed by atoms with Crippen molar-refractivity contribution in [1.82, 2.24) is 0 Å². The Kier molecular flexibility index (Phi) is 1.97. The zero-order valence-electron chi connectivity index (χ0n) is 5.45. The molecule has 0 N–H and O–H groups in total. The molecule has 0 unspecified atom stereocenters. The van der Waals surface area contributed by atoms with Crippen LogP contribution in [-0.4, -0.2) is 18.7 Å². The third-order valence-electron chi connectivity index (χ3n) is 1.26. The van der Waals surface area contributed by atoms with E-state index in [2.05, 4.69) is 4.99 Å². The summed E-state index contributed by atoms with van der Waals surface area (Å²) in [6, 6.07) is 0. The molecule has 0 aromatic heterocycles. The fourth-order valence-electron chi connectivity index (χ4n) is 0.774. The van der Waals surface area contributed by atoms with Gasteiger partial charge in [-0.15, -0.1) is 0 Å². The molecule has 1 rings (SSSR count). The molecular weight excluding hydrogens is 162 g/mol. The Morgan fingerprint density at radius 3 is 2.36 bits per heavy atom. The first-order chi connectivity index (χ1) is 5.02. The number of allylic oxidation sites excluding steroid dienone is 1. The van der Waals surface area contributed by atoms with E-state index in [1.54, 1.807) is 0 Å². The van der Waals surface area contributed by atoms with Crippen molar-refractivity contribution in [3.05, 3.63) is 11.6 Å². The van der Waals surface area contributed by atoms with Gasteiger partial charge in [-0.1, -0.05) is 6.08 Å². The number of rotatable bonds is 0. The Bertz CT molecular complexity index is 213. The summed E-state index contributed by atoms with van der Waals surface area (Å²) in [7, 11) is 0. The van der Waals surface area contributed by atoms with Gasteiger partial charge in [-0.05, 0) is 6.42 Å². The normalized spacial score (nSPS) is 19.3. The molecule has 0 amide bonds. The van der Waals surface area contributed by atoms with E-state index in [0.29, 0.717) is 0 Å². The molecule has 1 nitrogen and oxygen atoms in total. The van der Waals surface area contributed by atoms with Crippen LogP contribution in [0.3, 0.4) is 0 Å². The van der Waals surface area contributed by atoms with E-state index in [4.69, 9.17) is 0 Å². The lowest BCUT2D eigenvalue weighted by Gasteiger charge is -2.11. The molecule has 0 spiro atoms. The van der Waals surface area contributed by atoms with Crippen LogP contribution in [0.25, 0.3) is 0 Å². The van der Waals surface area contributed by atoms with Gasteiger partial charge in [0.1, 0.15) is 5.57 Å². The lowest BCUT2D eigenvalue weighted by Crippen LogP contribution is -2.19. The number of nitrogens with zero attached hydrogens (tertiary/aromatic N) is 1. The molecule has 0 aliphatic carbocycles. The molecule has 1 aliphatic heterocycles. The fraction of sp³-hybridized carbons (Fsp3) is 0.500. The zero-order valence-corrected chi connectivity index (χ0v) is 5.45. The summed E-state index contributed by atoms with van der Waals surface area (Å²) in [6.07, 6.45) is -3.63. The summed E-state index contributed by atoms with van der Waals surface area (Å²) in [4.78, 5) is 3.04. The van der Waals surface area contributed by atoms with E-state index in [1.165, 1.54) is 0 Å².